The van der Waals surface area contributed by atoms with E-state index in [1.807, 2.05) is 19.1 Å². The van der Waals surface area contributed by atoms with Crippen LogP contribution in [0.5, 0.6) is 11.5 Å². The standard InChI is InChI=1S/C43H40O2/c1-26-24-33(18-22-38(26)44)42(3,4)31-14-16-32(17-15-31)43(5,6)34-19-23-39(45)37(25-34)27(2)35-20-12-30-11-10-28-8-7-9-29-13-21-36(35)41(30)40(28)29/h7-25,27,44-45H,1-6H3. The van der Waals surface area contributed by atoms with Crippen molar-refractivity contribution >= 4 is 32.3 Å². The van der Waals surface area contributed by atoms with E-state index in [9.17, 15) is 10.2 Å². The Bertz CT molecular complexity index is 2190. The summed E-state index contributed by atoms with van der Waals surface area (Å²) in [6.07, 6.45) is 0. The van der Waals surface area contributed by atoms with Crippen LogP contribution in [0.2, 0.25) is 0 Å². The Morgan fingerprint density at radius 3 is 1.58 bits per heavy atom. The molecule has 45 heavy (non-hydrogen) atoms. The summed E-state index contributed by atoms with van der Waals surface area (Å²) < 4.78 is 0. The van der Waals surface area contributed by atoms with Crippen LogP contribution in [0.25, 0.3) is 32.3 Å². The van der Waals surface area contributed by atoms with Crippen LogP contribution in [0.4, 0.5) is 0 Å². The first-order valence-corrected chi connectivity index (χ1v) is 15.9. The molecule has 7 aromatic carbocycles. The number of hydrogen-bond acceptors (Lipinski definition) is 2. The van der Waals surface area contributed by atoms with Gasteiger partial charge >= 0.3 is 0 Å². The van der Waals surface area contributed by atoms with E-state index < -0.39 is 0 Å². The summed E-state index contributed by atoms with van der Waals surface area (Å²) in [6, 6.07) is 40.8. The smallest absolute Gasteiger partial charge is 0.119 e. The first-order chi connectivity index (χ1) is 21.5. The fraction of sp³-hybridized carbons (Fsp3) is 0.209. The summed E-state index contributed by atoms with van der Waals surface area (Å²) in [6.45, 7) is 13.1. The molecule has 2 heteroatoms. The zero-order valence-electron chi connectivity index (χ0n) is 26.9. The second kappa shape index (κ2) is 10.4. The van der Waals surface area contributed by atoms with Gasteiger partial charge in [0.05, 0.1) is 0 Å². The van der Waals surface area contributed by atoms with Crippen molar-refractivity contribution in [2.45, 2.75) is 58.3 Å². The highest BCUT2D eigenvalue weighted by molar-refractivity contribution is 6.23. The first-order valence-electron chi connectivity index (χ1n) is 15.9. The van der Waals surface area contributed by atoms with Crippen molar-refractivity contribution in [3.05, 3.63) is 154 Å². The largest absolute Gasteiger partial charge is 0.508 e. The summed E-state index contributed by atoms with van der Waals surface area (Å²) >= 11 is 0. The lowest BCUT2D eigenvalue weighted by Gasteiger charge is -2.30. The number of aryl methyl sites for hydroxylation is 1. The van der Waals surface area contributed by atoms with Crippen molar-refractivity contribution in [2.75, 3.05) is 0 Å². The summed E-state index contributed by atoms with van der Waals surface area (Å²) in [4.78, 5) is 0. The minimum atomic E-state index is -0.275. The molecule has 0 saturated heterocycles. The molecular formula is C43H40O2. The second-order valence-electron chi connectivity index (χ2n) is 13.8. The number of phenolic OH excluding ortho intramolecular Hbond substituents is 2. The molecular weight excluding hydrogens is 548 g/mol. The number of hydrogen-bond donors (Lipinski definition) is 2. The van der Waals surface area contributed by atoms with E-state index in [4.69, 9.17) is 0 Å². The summed E-state index contributed by atoms with van der Waals surface area (Å²) in [5.74, 6) is 0.657. The number of benzene rings is 7. The normalized spacial score (nSPS) is 13.2. The summed E-state index contributed by atoms with van der Waals surface area (Å²) in [5.41, 5.74) is 7.36. The molecule has 0 radical (unpaired) electrons. The predicted octanol–water partition coefficient (Wildman–Crippen LogP) is 11.1. The third-order valence-corrected chi connectivity index (χ3v) is 10.5. The van der Waals surface area contributed by atoms with Crippen LogP contribution in [-0.4, -0.2) is 10.2 Å². The van der Waals surface area contributed by atoms with Crippen molar-refractivity contribution in [1.82, 2.24) is 0 Å². The van der Waals surface area contributed by atoms with Crippen LogP contribution >= 0.6 is 0 Å². The molecule has 7 aromatic rings. The maximum atomic E-state index is 11.2. The SMILES string of the molecule is Cc1cc(C(C)(C)c2ccc(C(C)(C)c3ccc(O)c(C(C)c4ccc5ccc6cccc7ccc4c5c67)c3)cc2)ccc1O. The van der Waals surface area contributed by atoms with Crippen LogP contribution in [0.1, 0.15) is 79.5 Å². The van der Waals surface area contributed by atoms with Gasteiger partial charge in [0.15, 0.2) is 0 Å². The van der Waals surface area contributed by atoms with Crippen molar-refractivity contribution in [3.8, 4) is 11.5 Å². The molecule has 0 aliphatic carbocycles. The third-order valence-electron chi connectivity index (χ3n) is 10.5. The molecule has 7 rings (SSSR count). The molecule has 1 atom stereocenters. The van der Waals surface area contributed by atoms with Crippen LogP contribution in [0, 0.1) is 6.92 Å². The molecule has 2 nitrogen and oxygen atoms in total. The molecule has 0 heterocycles. The van der Waals surface area contributed by atoms with E-state index in [1.54, 1.807) is 6.07 Å². The Morgan fingerprint density at radius 1 is 0.489 bits per heavy atom. The Labute approximate surface area is 265 Å². The number of rotatable bonds is 6. The molecule has 0 aliphatic heterocycles. The van der Waals surface area contributed by atoms with E-state index in [-0.39, 0.29) is 16.7 Å². The lowest BCUT2D eigenvalue weighted by molar-refractivity contribution is 0.465. The Kier molecular flexibility index (Phi) is 6.67. The molecule has 0 bridgehead atoms. The molecule has 0 fully saturated rings. The van der Waals surface area contributed by atoms with E-state index in [0.717, 1.165) is 11.1 Å². The Hall–Kier alpha value is -4.82. The molecule has 1 unspecified atom stereocenters. The maximum Gasteiger partial charge on any atom is 0.119 e. The third kappa shape index (κ3) is 4.63. The van der Waals surface area contributed by atoms with E-state index in [1.165, 1.54) is 60.1 Å². The second-order valence-corrected chi connectivity index (χ2v) is 13.8. The van der Waals surface area contributed by atoms with Crippen LogP contribution in [0.3, 0.4) is 0 Å². The van der Waals surface area contributed by atoms with Gasteiger partial charge in [0, 0.05) is 22.3 Å². The highest BCUT2D eigenvalue weighted by Crippen LogP contribution is 2.43. The summed E-state index contributed by atoms with van der Waals surface area (Å²) in [7, 11) is 0. The Morgan fingerprint density at radius 2 is 0.978 bits per heavy atom. The number of phenols is 2. The molecule has 0 spiro atoms. The molecule has 0 amide bonds. The minimum Gasteiger partial charge on any atom is -0.508 e. The van der Waals surface area contributed by atoms with Gasteiger partial charge in [-0.15, -0.1) is 0 Å². The first kappa shape index (κ1) is 28.9. The topological polar surface area (TPSA) is 40.5 Å². The van der Waals surface area contributed by atoms with Gasteiger partial charge in [-0.05, 0) is 84.8 Å². The van der Waals surface area contributed by atoms with E-state index >= 15 is 0 Å². The van der Waals surface area contributed by atoms with Crippen molar-refractivity contribution < 1.29 is 10.2 Å². The molecule has 0 aliphatic rings. The van der Waals surface area contributed by atoms with Gasteiger partial charge < -0.3 is 10.2 Å². The van der Waals surface area contributed by atoms with E-state index in [2.05, 4.69) is 132 Å². The minimum absolute atomic E-state index is 0.00209. The average Bonchev–Trinajstić information content (AvgIpc) is 3.04. The van der Waals surface area contributed by atoms with Crippen molar-refractivity contribution in [3.63, 3.8) is 0 Å². The quantitative estimate of drug-likeness (QED) is 0.190. The van der Waals surface area contributed by atoms with Crippen LogP contribution < -0.4 is 0 Å². The lowest BCUT2D eigenvalue weighted by atomic mass is 9.74. The predicted molar refractivity (Wildman–Crippen MR) is 189 cm³/mol. The fourth-order valence-corrected chi connectivity index (χ4v) is 7.27. The van der Waals surface area contributed by atoms with Crippen molar-refractivity contribution in [2.24, 2.45) is 0 Å². The van der Waals surface area contributed by atoms with Crippen LogP contribution in [0.15, 0.2) is 115 Å². The average molecular weight is 589 g/mol. The van der Waals surface area contributed by atoms with Crippen LogP contribution in [-0.2, 0) is 10.8 Å². The number of aromatic hydroxyl groups is 2. The van der Waals surface area contributed by atoms with Gasteiger partial charge in [-0.1, -0.05) is 138 Å². The molecule has 0 aromatic heterocycles. The molecule has 0 saturated carbocycles. The highest BCUT2D eigenvalue weighted by Gasteiger charge is 2.28. The zero-order chi connectivity index (χ0) is 31.7. The van der Waals surface area contributed by atoms with Gasteiger partial charge in [0.25, 0.3) is 0 Å². The Balaban J connectivity index is 1.25. The van der Waals surface area contributed by atoms with Gasteiger partial charge in [-0.3, -0.25) is 0 Å². The summed E-state index contributed by atoms with van der Waals surface area (Å²) in [5, 5.41) is 28.9. The van der Waals surface area contributed by atoms with Gasteiger partial charge in [0.2, 0.25) is 0 Å². The lowest BCUT2D eigenvalue weighted by Crippen LogP contribution is -2.22. The maximum absolute atomic E-state index is 11.2. The van der Waals surface area contributed by atoms with E-state index in [0.29, 0.717) is 11.5 Å². The van der Waals surface area contributed by atoms with Gasteiger partial charge in [-0.25, -0.2) is 0 Å². The van der Waals surface area contributed by atoms with Gasteiger partial charge in [-0.2, -0.15) is 0 Å². The molecule has 2 N–H and O–H groups in total. The van der Waals surface area contributed by atoms with Crippen molar-refractivity contribution in [1.29, 1.82) is 0 Å². The highest BCUT2D eigenvalue weighted by atomic mass is 16.3. The van der Waals surface area contributed by atoms with Gasteiger partial charge in [0.1, 0.15) is 11.5 Å². The monoisotopic (exact) mass is 588 g/mol. The zero-order valence-corrected chi connectivity index (χ0v) is 26.9. The fourth-order valence-electron chi connectivity index (χ4n) is 7.27. The molecule has 224 valence electrons.